The highest BCUT2D eigenvalue weighted by molar-refractivity contribution is 6.24. The molecule has 0 amide bonds. The van der Waals surface area contributed by atoms with Crippen LogP contribution in [0.1, 0.15) is 99.8 Å². The smallest absolute Gasteiger partial charge is 0.185 e. The maximum atomic E-state index is 12.7. The minimum absolute atomic E-state index is 0.0615. The van der Waals surface area contributed by atoms with Crippen molar-refractivity contribution in [2.24, 2.45) is 0 Å². The first-order chi connectivity index (χ1) is 14.9. The molecule has 0 aliphatic heterocycles. The number of hydrogen-bond donors (Lipinski definition) is 1. The van der Waals surface area contributed by atoms with E-state index in [-0.39, 0.29) is 17.4 Å². The van der Waals surface area contributed by atoms with Crippen molar-refractivity contribution in [2.75, 3.05) is 0 Å². The molecule has 1 aliphatic rings. The molecule has 0 unspecified atom stereocenters. The summed E-state index contributed by atoms with van der Waals surface area (Å²) < 4.78 is 12.7. The Balaban J connectivity index is 2.49. The molecule has 0 saturated heterocycles. The molecule has 1 N–H and O–H groups in total. The van der Waals surface area contributed by atoms with Crippen LogP contribution in [0.3, 0.4) is 0 Å². The third-order valence-corrected chi connectivity index (χ3v) is 6.40. The first-order valence-electron chi connectivity index (χ1n) is 11.7. The van der Waals surface area contributed by atoms with E-state index in [1.807, 2.05) is 0 Å². The molecule has 0 radical (unpaired) electrons. The summed E-state index contributed by atoms with van der Waals surface area (Å²) in [6.45, 7) is 12.6. The summed E-state index contributed by atoms with van der Waals surface area (Å²) in [6.07, 6.45) is 11.8. The highest BCUT2D eigenvalue weighted by Crippen LogP contribution is 2.30. The normalized spacial score (nSPS) is 18.6. The van der Waals surface area contributed by atoms with E-state index < -0.39 is 5.60 Å². The summed E-state index contributed by atoms with van der Waals surface area (Å²) in [5, 5.41) is 10.8. The van der Waals surface area contributed by atoms with Crippen LogP contribution in [-0.4, -0.2) is 22.3 Å². The number of Topliss-reactive ketones (excluding diaryl/α,β-unsaturated/α-hetero) is 2. The fraction of sp³-hybridized carbons (Fsp3) is 0.571. The van der Waals surface area contributed by atoms with Gasteiger partial charge in [0.15, 0.2) is 11.6 Å². The molecule has 32 heavy (non-hydrogen) atoms. The fourth-order valence-corrected chi connectivity index (χ4v) is 3.85. The van der Waals surface area contributed by atoms with Gasteiger partial charge in [-0.2, -0.15) is 0 Å². The standard InChI is InChI=1S/C28H41FO3/c1-19(13-9-15-21(3)29)11-8-12-20(2)14-10-17-28(7,32)18-16-25-24(6)26(30)22(4)23(5)27(25)31/h11,14-15,32H,8-10,12-13,16-18H2,1-7H3/b19-11+,20-14+,21-15-/t28-/m1/s1. The zero-order valence-electron chi connectivity index (χ0n) is 21.0. The Hall–Kier alpha value is -2.07. The van der Waals surface area contributed by atoms with E-state index in [1.54, 1.807) is 33.8 Å². The molecule has 0 aromatic carbocycles. The predicted molar refractivity (Wildman–Crippen MR) is 131 cm³/mol. The molecule has 0 spiro atoms. The Morgan fingerprint density at radius 3 is 1.88 bits per heavy atom. The summed E-state index contributed by atoms with van der Waals surface area (Å²) in [5.74, 6) is -0.251. The lowest BCUT2D eigenvalue weighted by Gasteiger charge is -2.25. The van der Waals surface area contributed by atoms with Crippen molar-refractivity contribution in [1.29, 1.82) is 0 Å². The summed E-state index contributed by atoms with van der Waals surface area (Å²) in [4.78, 5) is 24.9. The average Bonchev–Trinajstić information content (AvgIpc) is 2.70. The largest absolute Gasteiger partial charge is 0.390 e. The van der Waals surface area contributed by atoms with Gasteiger partial charge in [-0.1, -0.05) is 29.4 Å². The van der Waals surface area contributed by atoms with Crippen LogP contribution in [0.15, 0.2) is 57.5 Å². The van der Waals surface area contributed by atoms with Gasteiger partial charge < -0.3 is 5.11 Å². The van der Waals surface area contributed by atoms with Crippen molar-refractivity contribution >= 4 is 11.6 Å². The number of carbonyl (C=O) groups excluding carboxylic acids is 2. The first kappa shape index (κ1) is 28.0. The summed E-state index contributed by atoms with van der Waals surface area (Å²) in [5.41, 5.74) is 3.78. The topological polar surface area (TPSA) is 54.4 Å². The van der Waals surface area contributed by atoms with Crippen LogP contribution in [-0.2, 0) is 9.59 Å². The number of halogens is 1. The van der Waals surface area contributed by atoms with Crippen molar-refractivity contribution in [3.05, 3.63) is 57.5 Å². The van der Waals surface area contributed by atoms with E-state index in [1.165, 1.54) is 18.1 Å². The molecule has 178 valence electrons. The van der Waals surface area contributed by atoms with Crippen LogP contribution in [0, 0.1) is 0 Å². The van der Waals surface area contributed by atoms with Crippen molar-refractivity contribution in [3.8, 4) is 0 Å². The van der Waals surface area contributed by atoms with Crippen LogP contribution in [0.2, 0.25) is 0 Å². The Morgan fingerprint density at radius 1 is 0.812 bits per heavy atom. The number of allylic oxidation sites excluding steroid dienone is 10. The van der Waals surface area contributed by atoms with Crippen molar-refractivity contribution < 1.29 is 19.1 Å². The van der Waals surface area contributed by atoms with Gasteiger partial charge in [-0.3, -0.25) is 9.59 Å². The van der Waals surface area contributed by atoms with E-state index in [0.29, 0.717) is 41.6 Å². The molecular weight excluding hydrogens is 403 g/mol. The number of hydrogen-bond acceptors (Lipinski definition) is 3. The highest BCUT2D eigenvalue weighted by atomic mass is 19.1. The molecular formula is C28H41FO3. The number of aliphatic hydroxyl groups is 1. The van der Waals surface area contributed by atoms with Crippen LogP contribution >= 0.6 is 0 Å². The Bertz CT molecular complexity index is 859. The van der Waals surface area contributed by atoms with Gasteiger partial charge in [0.25, 0.3) is 0 Å². The van der Waals surface area contributed by atoms with E-state index in [4.69, 9.17) is 0 Å². The van der Waals surface area contributed by atoms with Crippen molar-refractivity contribution in [1.82, 2.24) is 0 Å². The average molecular weight is 445 g/mol. The van der Waals surface area contributed by atoms with E-state index >= 15 is 0 Å². The first-order valence-corrected chi connectivity index (χ1v) is 11.7. The number of ketones is 2. The molecule has 3 nitrogen and oxygen atoms in total. The molecule has 0 bridgehead atoms. The third-order valence-electron chi connectivity index (χ3n) is 6.40. The number of carbonyl (C=O) groups is 2. The molecule has 4 heteroatoms. The third kappa shape index (κ3) is 9.20. The number of rotatable bonds is 12. The molecule has 0 fully saturated rings. The van der Waals surface area contributed by atoms with E-state index in [2.05, 4.69) is 26.0 Å². The summed E-state index contributed by atoms with van der Waals surface area (Å²) in [6, 6.07) is 0. The monoisotopic (exact) mass is 444 g/mol. The van der Waals surface area contributed by atoms with Gasteiger partial charge >= 0.3 is 0 Å². The maximum absolute atomic E-state index is 12.7. The van der Waals surface area contributed by atoms with Crippen molar-refractivity contribution in [2.45, 2.75) is 105 Å². The summed E-state index contributed by atoms with van der Waals surface area (Å²) >= 11 is 0. The van der Waals surface area contributed by atoms with E-state index in [0.717, 1.165) is 32.1 Å². The minimum atomic E-state index is -0.893. The summed E-state index contributed by atoms with van der Waals surface area (Å²) in [7, 11) is 0. The Morgan fingerprint density at radius 2 is 1.31 bits per heavy atom. The lowest BCUT2D eigenvalue weighted by atomic mass is 9.82. The van der Waals surface area contributed by atoms with Crippen molar-refractivity contribution in [3.63, 3.8) is 0 Å². The zero-order valence-corrected chi connectivity index (χ0v) is 21.0. The molecule has 0 heterocycles. The molecule has 1 aliphatic carbocycles. The highest BCUT2D eigenvalue weighted by Gasteiger charge is 2.29. The van der Waals surface area contributed by atoms with Gasteiger partial charge in [-0.05, 0) is 99.8 Å². The van der Waals surface area contributed by atoms with Gasteiger partial charge in [0.1, 0.15) is 0 Å². The SMILES string of the molecule is CC1=C(C)C(=O)C(CC[C@](C)(O)CC/C=C(\C)CC/C=C(\C)CC/C=C(/C)F)=C(C)C1=O. The molecule has 0 saturated carbocycles. The molecule has 1 rings (SSSR count). The quantitative estimate of drug-likeness (QED) is 0.251. The van der Waals surface area contributed by atoms with Gasteiger partial charge in [-0.15, -0.1) is 0 Å². The zero-order chi connectivity index (χ0) is 24.5. The Labute approximate surface area is 193 Å². The maximum Gasteiger partial charge on any atom is 0.185 e. The van der Waals surface area contributed by atoms with Gasteiger partial charge in [0, 0.05) is 22.3 Å². The van der Waals surface area contributed by atoms with Gasteiger partial charge in [0.05, 0.1) is 11.4 Å². The van der Waals surface area contributed by atoms with Crippen LogP contribution < -0.4 is 0 Å². The second kappa shape index (κ2) is 12.8. The lowest BCUT2D eigenvalue weighted by molar-refractivity contribution is -0.116. The Kier molecular flexibility index (Phi) is 11.2. The van der Waals surface area contributed by atoms with Gasteiger partial charge in [-0.25, -0.2) is 4.39 Å². The fourth-order valence-electron chi connectivity index (χ4n) is 3.85. The van der Waals surface area contributed by atoms with E-state index in [9.17, 15) is 19.1 Å². The van der Waals surface area contributed by atoms with Crippen LogP contribution in [0.25, 0.3) is 0 Å². The molecule has 1 atom stereocenters. The minimum Gasteiger partial charge on any atom is -0.390 e. The second-order valence-corrected chi connectivity index (χ2v) is 9.52. The van der Waals surface area contributed by atoms with Crippen LogP contribution in [0.4, 0.5) is 4.39 Å². The van der Waals surface area contributed by atoms with Gasteiger partial charge in [0.2, 0.25) is 0 Å². The second-order valence-electron chi connectivity index (χ2n) is 9.52. The predicted octanol–water partition coefficient (Wildman–Crippen LogP) is 7.43. The lowest BCUT2D eigenvalue weighted by Crippen LogP contribution is -2.26. The molecule has 0 aromatic rings. The van der Waals surface area contributed by atoms with Crippen LogP contribution in [0.5, 0.6) is 0 Å². The molecule has 0 aromatic heterocycles.